The van der Waals surface area contributed by atoms with Crippen molar-refractivity contribution >= 4 is 0 Å². The molecule has 102 valence electrons. The van der Waals surface area contributed by atoms with Crippen LogP contribution in [-0.2, 0) is 6.54 Å². The standard InChI is InChI=1S/C18H25N/c1-4-7-15-19(18(11-5-2)12-6-3)16-17-13-9-8-10-14-17/h4-6,8-14,18H,1,7,15-16H2,2-3H3/b11-5+,12-6+. The number of hydrogen-bond acceptors (Lipinski definition) is 1. The zero-order valence-corrected chi connectivity index (χ0v) is 12.1. The second-order valence-electron chi connectivity index (χ2n) is 4.58. The Bertz CT molecular complexity index is 391. The summed E-state index contributed by atoms with van der Waals surface area (Å²) in [5.74, 6) is 0. The summed E-state index contributed by atoms with van der Waals surface area (Å²) in [6, 6.07) is 11.0. The van der Waals surface area contributed by atoms with Gasteiger partial charge in [-0.3, -0.25) is 4.90 Å². The van der Waals surface area contributed by atoms with Gasteiger partial charge in [0.1, 0.15) is 0 Å². The molecule has 0 radical (unpaired) electrons. The van der Waals surface area contributed by atoms with Gasteiger partial charge in [-0.05, 0) is 25.8 Å². The lowest BCUT2D eigenvalue weighted by Gasteiger charge is -2.27. The van der Waals surface area contributed by atoms with Crippen molar-refractivity contribution in [2.75, 3.05) is 6.54 Å². The minimum absolute atomic E-state index is 0.357. The Morgan fingerprint density at radius 3 is 2.26 bits per heavy atom. The van der Waals surface area contributed by atoms with Crippen molar-refractivity contribution in [3.8, 4) is 0 Å². The van der Waals surface area contributed by atoms with E-state index in [0.717, 1.165) is 19.5 Å². The van der Waals surface area contributed by atoms with Crippen LogP contribution in [0.25, 0.3) is 0 Å². The van der Waals surface area contributed by atoms with E-state index in [2.05, 4.69) is 80.0 Å². The molecule has 0 spiro atoms. The summed E-state index contributed by atoms with van der Waals surface area (Å²) in [6.45, 7) is 9.97. The Morgan fingerprint density at radius 2 is 1.74 bits per heavy atom. The Balaban J connectivity index is 2.82. The predicted octanol–water partition coefficient (Wildman–Crippen LogP) is 4.59. The molecular weight excluding hydrogens is 230 g/mol. The molecule has 0 saturated carbocycles. The van der Waals surface area contributed by atoms with Crippen LogP contribution in [0.15, 0.2) is 67.3 Å². The van der Waals surface area contributed by atoms with Gasteiger partial charge in [0.05, 0.1) is 0 Å². The topological polar surface area (TPSA) is 3.24 Å². The SMILES string of the molecule is C=CCCN(Cc1ccccc1)C(/C=C/C)/C=C/C. The van der Waals surface area contributed by atoms with Gasteiger partial charge >= 0.3 is 0 Å². The van der Waals surface area contributed by atoms with E-state index in [1.54, 1.807) is 0 Å². The van der Waals surface area contributed by atoms with Gasteiger partial charge in [-0.15, -0.1) is 6.58 Å². The fourth-order valence-electron chi connectivity index (χ4n) is 2.11. The summed E-state index contributed by atoms with van der Waals surface area (Å²) < 4.78 is 0. The van der Waals surface area contributed by atoms with Crippen LogP contribution >= 0.6 is 0 Å². The van der Waals surface area contributed by atoms with E-state index in [1.165, 1.54) is 5.56 Å². The molecule has 0 bridgehead atoms. The third kappa shape index (κ3) is 5.71. The van der Waals surface area contributed by atoms with Crippen molar-refractivity contribution < 1.29 is 0 Å². The van der Waals surface area contributed by atoms with E-state index in [4.69, 9.17) is 0 Å². The summed E-state index contributed by atoms with van der Waals surface area (Å²) in [4.78, 5) is 2.47. The lowest BCUT2D eigenvalue weighted by atomic mass is 10.1. The molecule has 0 amide bonds. The van der Waals surface area contributed by atoms with Crippen LogP contribution in [0.2, 0.25) is 0 Å². The summed E-state index contributed by atoms with van der Waals surface area (Å²) in [7, 11) is 0. The van der Waals surface area contributed by atoms with E-state index in [0.29, 0.717) is 6.04 Å². The first-order chi connectivity index (χ1) is 9.31. The minimum Gasteiger partial charge on any atom is -0.289 e. The zero-order valence-electron chi connectivity index (χ0n) is 12.1. The quantitative estimate of drug-likeness (QED) is 0.614. The first-order valence-corrected chi connectivity index (χ1v) is 6.96. The molecule has 1 heteroatoms. The number of rotatable bonds is 8. The molecule has 0 saturated heterocycles. The number of allylic oxidation sites excluding steroid dienone is 2. The van der Waals surface area contributed by atoms with Crippen molar-refractivity contribution in [2.45, 2.75) is 32.9 Å². The van der Waals surface area contributed by atoms with Gasteiger partial charge < -0.3 is 0 Å². The van der Waals surface area contributed by atoms with Gasteiger partial charge in [0.15, 0.2) is 0 Å². The highest BCUT2D eigenvalue weighted by Gasteiger charge is 2.12. The smallest absolute Gasteiger partial charge is 0.0465 e. The highest BCUT2D eigenvalue weighted by atomic mass is 15.1. The predicted molar refractivity (Wildman–Crippen MR) is 85.1 cm³/mol. The Morgan fingerprint density at radius 1 is 1.11 bits per heavy atom. The van der Waals surface area contributed by atoms with E-state index >= 15 is 0 Å². The fourth-order valence-corrected chi connectivity index (χ4v) is 2.11. The monoisotopic (exact) mass is 255 g/mol. The van der Waals surface area contributed by atoms with Crippen molar-refractivity contribution in [1.29, 1.82) is 0 Å². The maximum atomic E-state index is 3.83. The molecule has 0 heterocycles. The Labute approximate surface area is 118 Å². The third-order valence-electron chi connectivity index (χ3n) is 3.05. The summed E-state index contributed by atoms with van der Waals surface area (Å²) in [5, 5.41) is 0. The molecule has 1 rings (SSSR count). The lowest BCUT2D eigenvalue weighted by Crippen LogP contribution is -2.32. The number of nitrogens with zero attached hydrogens (tertiary/aromatic N) is 1. The number of hydrogen-bond donors (Lipinski definition) is 0. The molecule has 0 N–H and O–H groups in total. The fraction of sp³-hybridized carbons (Fsp3) is 0.333. The molecule has 1 nitrogen and oxygen atoms in total. The van der Waals surface area contributed by atoms with Gasteiger partial charge in [0.2, 0.25) is 0 Å². The average Bonchev–Trinajstić information content (AvgIpc) is 2.44. The first kappa shape index (κ1) is 15.5. The van der Waals surface area contributed by atoms with Crippen molar-refractivity contribution in [1.82, 2.24) is 4.90 Å². The van der Waals surface area contributed by atoms with E-state index < -0.39 is 0 Å². The minimum atomic E-state index is 0.357. The van der Waals surface area contributed by atoms with Crippen LogP contribution in [0, 0.1) is 0 Å². The maximum Gasteiger partial charge on any atom is 0.0465 e. The molecule has 0 atom stereocenters. The van der Waals surface area contributed by atoms with Crippen molar-refractivity contribution in [2.24, 2.45) is 0 Å². The normalized spacial score (nSPS) is 12.0. The van der Waals surface area contributed by atoms with Crippen LogP contribution in [0.4, 0.5) is 0 Å². The maximum absolute atomic E-state index is 3.83. The van der Waals surface area contributed by atoms with Gasteiger partial charge in [0.25, 0.3) is 0 Å². The van der Waals surface area contributed by atoms with Gasteiger partial charge in [-0.2, -0.15) is 0 Å². The third-order valence-corrected chi connectivity index (χ3v) is 3.05. The lowest BCUT2D eigenvalue weighted by molar-refractivity contribution is 0.255. The second-order valence-corrected chi connectivity index (χ2v) is 4.58. The van der Waals surface area contributed by atoms with Gasteiger partial charge in [0, 0.05) is 19.1 Å². The molecule has 0 aliphatic rings. The van der Waals surface area contributed by atoms with Crippen LogP contribution in [-0.4, -0.2) is 17.5 Å². The van der Waals surface area contributed by atoms with Crippen LogP contribution in [0.5, 0.6) is 0 Å². The average molecular weight is 255 g/mol. The molecule has 1 aromatic rings. The van der Waals surface area contributed by atoms with Crippen molar-refractivity contribution in [3.63, 3.8) is 0 Å². The molecule has 1 aromatic carbocycles. The summed E-state index contributed by atoms with van der Waals surface area (Å²) >= 11 is 0. The summed E-state index contributed by atoms with van der Waals surface area (Å²) in [5.41, 5.74) is 1.35. The van der Waals surface area contributed by atoms with Gasteiger partial charge in [-0.25, -0.2) is 0 Å². The van der Waals surface area contributed by atoms with Crippen LogP contribution in [0.3, 0.4) is 0 Å². The van der Waals surface area contributed by atoms with Crippen LogP contribution < -0.4 is 0 Å². The molecule has 0 fully saturated rings. The number of benzene rings is 1. The highest BCUT2D eigenvalue weighted by Crippen LogP contribution is 2.12. The van der Waals surface area contributed by atoms with E-state index in [1.807, 2.05) is 6.08 Å². The zero-order chi connectivity index (χ0) is 13.9. The molecular formula is C18H25N. The van der Waals surface area contributed by atoms with Crippen LogP contribution in [0.1, 0.15) is 25.8 Å². The van der Waals surface area contributed by atoms with Gasteiger partial charge in [-0.1, -0.05) is 60.7 Å². The largest absolute Gasteiger partial charge is 0.289 e. The molecule has 0 aliphatic heterocycles. The molecule has 0 unspecified atom stereocenters. The Hall–Kier alpha value is -1.60. The van der Waals surface area contributed by atoms with E-state index in [9.17, 15) is 0 Å². The molecule has 19 heavy (non-hydrogen) atoms. The Kier molecular flexibility index (Phi) is 7.60. The highest BCUT2D eigenvalue weighted by molar-refractivity contribution is 5.16. The summed E-state index contributed by atoms with van der Waals surface area (Å²) in [6.07, 6.45) is 11.7. The van der Waals surface area contributed by atoms with E-state index in [-0.39, 0.29) is 0 Å². The molecule has 0 aromatic heterocycles. The molecule has 0 aliphatic carbocycles. The van der Waals surface area contributed by atoms with Crippen molar-refractivity contribution in [3.05, 3.63) is 72.9 Å². The first-order valence-electron chi connectivity index (χ1n) is 6.96. The second kappa shape index (κ2) is 9.35.